The number of pyridine rings is 1. The number of nitrogens with one attached hydrogen (secondary N) is 1. The van der Waals surface area contributed by atoms with Gasteiger partial charge < -0.3 is 24.8 Å². The maximum Gasteiger partial charge on any atom is 0.475 e. The van der Waals surface area contributed by atoms with Gasteiger partial charge in [-0.2, -0.15) is 5.26 Å². The van der Waals surface area contributed by atoms with Gasteiger partial charge in [0.1, 0.15) is 23.3 Å². The highest BCUT2D eigenvalue weighted by Gasteiger charge is 2.25. The Balaban J connectivity index is 1.58. The van der Waals surface area contributed by atoms with Gasteiger partial charge in [-0.25, -0.2) is 0 Å². The summed E-state index contributed by atoms with van der Waals surface area (Å²) in [7, 11) is -0.166. The molecule has 35 heavy (non-hydrogen) atoms. The summed E-state index contributed by atoms with van der Waals surface area (Å²) >= 11 is 0. The normalized spacial score (nSPS) is 11.8. The monoisotopic (exact) mass is 471 g/mol. The molecular formula is C26H26BN3O5. The van der Waals surface area contributed by atoms with E-state index in [1.165, 1.54) is 7.11 Å². The van der Waals surface area contributed by atoms with Crippen LogP contribution in [0.5, 0.6) is 11.5 Å². The molecule has 2 aromatic carbocycles. The zero-order valence-electron chi connectivity index (χ0n) is 19.3. The minimum Gasteiger partial charge on any atom is -0.494 e. The van der Waals surface area contributed by atoms with Gasteiger partial charge in [0.15, 0.2) is 0 Å². The lowest BCUT2D eigenvalue weighted by Gasteiger charge is -2.18. The molecule has 0 saturated carbocycles. The number of hydrogen-bond acceptors (Lipinski definition) is 7. The summed E-state index contributed by atoms with van der Waals surface area (Å²) in [6.45, 7) is 0.0950. The highest BCUT2D eigenvalue weighted by atomic mass is 16.5. The lowest BCUT2D eigenvalue weighted by molar-refractivity contribution is -0.122. The molecule has 0 radical (unpaired) electrons. The van der Waals surface area contributed by atoms with Crippen LogP contribution >= 0.6 is 0 Å². The Labute approximate surface area is 204 Å². The Morgan fingerprint density at radius 2 is 1.97 bits per heavy atom. The molecular weight excluding hydrogens is 445 g/mol. The number of nitrogens with zero attached hydrogens (tertiary/aromatic N) is 2. The van der Waals surface area contributed by atoms with E-state index in [0.29, 0.717) is 29.2 Å². The summed E-state index contributed by atoms with van der Waals surface area (Å²) in [6, 6.07) is 22.0. The summed E-state index contributed by atoms with van der Waals surface area (Å²) in [6.07, 6.45) is 3.60. The van der Waals surface area contributed by atoms with E-state index in [1.807, 2.05) is 36.4 Å². The van der Waals surface area contributed by atoms with Crippen LogP contribution in [0.2, 0.25) is 0 Å². The summed E-state index contributed by atoms with van der Waals surface area (Å²) in [5.41, 5.74) is 2.39. The molecule has 0 bridgehead atoms. The molecule has 8 nitrogen and oxygen atoms in total. The van der Waals surface area contributed by atoms with Crippen molar-refractivity contribution in [1.82, 2.24) is 10.3 Å². The summed E-state index contributed by atoms with van der Waals surface area (Å²) < 4.78 is 11.0. The first-order valence-corrected chi connectivity index (χ1v) is 11.0. The number of allylic oxidation sites excluding steroid dienone is 1. The van der Waals surface area contributed by atoms with Crippen LogP contribution in [0.25, 0.3) is 11.6 Å². The molecule has 0 spiro atoms. The number of aromatic nitrogens is 1. The first-order valence-electron chi connectivity index (χ1n) is 11.0. The molecule has 1 amide bonds. The Morgan fingerprint density at radius 1 is 1.17 bits per heavy atom. The van der Waals surface area contributed by atoms with Crippen LogP contribution in [-0.4, -0.2) is 47.7 Å². The van der Waals surface area contributed by atoms with Crippen molar-refractivity contribution in [3.63, 3.8) is 0 Å². The number of rotatable bonds is 11. The zero-order valence-corrected chi connectivity index (χ0v) is 19.3. The molecule has 0 fully saturated rings. The highest BCUT2D eigenvalue weighted by Crippen LogP contribution is 2.25. The standard InChI is InChI=1S/C26H26BN3O5/c1-34-23-11-6-13-29-26(23)21(18-28)15-20-9-5-10-22(16-20)35-14-12-25(31)30-24(27(32)33)17-19-7-3-2-4-8-19/h2-11,13,15-16,24,32-33H,12,14,17H2,1H3,(H,30,31). The second-order valence-electron chi connectivity index (χ2n) is 7.67. The Bertz CT molecular complexity index is 1190. The molecule has 3 aromatic rings. The molecule has 3 rings (SSSR count). The number of benzene rings is 2. The van der Waals surface area contributed by atoms with Crippen molar-refractivity contribution in [3.8, 4) is 17.6 Å². The third-order valence-corrected chi connectivity index (χ3v) is 5.14. The average molecular weight is 471 g/mol. The quantitative estimate of drug-likeness (QED) is 0.290. The number of nitriles is 1. The lowest BCUT2D eigenvalue weighted by atomic mass is 9.76. The molecule has 1 unspecified atom stereocenters. The van der Waals surface area contributed by atoms with E-state index in [1.54, 1.807) is 42.6 Å². The predicted molar refractivity (Wildman–Crippen MR) is 133 cm³/mol. The van der Waals surface area contributed by atoms with E-state index in [2.05, 4.69) is 16.4 Å². The predicted octanol–water partition coefficient (Wildman–Crippen LogP) is 2.66. The van der Waals surface area contributed by atoms with E-state index in [0.717, 1.165) is 11.1 Å². The van der Waals surface area contributed by atoms with E-state index in [-0.39, 0.29) is 18.9 Å². The molecule has 3 N–H and O–H groups in total. The van der Waals surface area contributed by atoms with Crippen molar-refractivity contribution in [1.29, 1.82) is 5.26 Å². The zero-order chi connectivity index (χ0) is 25.0. The van der Waals surface area contributed by atoms with Gasteiger partial charge >= 0.3 is 7.12 Å². The van der Waals surface area contributed by atoms with E-state index >= 15 is 0 Å². The second-order valence-corrected chi connectivity index (χ2v) is 7.67. The van der Waals surface area contributed by atoms with Crippen LogP contribution in [0.15, 0.2) is 72.9 Å². The van der Waals surface area contributed by atoms with Crippen LogP contribution in [-0.2, 0) is 11.2 Å². The number of carbonyl (C=O) groups is 1. The van der Waals surface area contributed by atoms with Crippen LogP contribution in [0.4, 0.5) is 0 Å². The molecule has 178 valence electrons. The van der Waals surface area contributed by atoms with E-state index < -0.39 is 13.1 Å². The molecule has 0 aliphatic rings. The van der Waals surface area contributed by atoms with Gasteiger partial charge in [-0.3, -0.25) is 9.78 Å². The van der Waals surface area contributed by atoms with Crippen molar-refractivity contribution in [3.05, 3.63) is 89.7 Å². The van der Waals surface area contributed by atoms with Crippen molar-refractivity contribution < 1.29 is 24.3 Å². The van der Waals surface area contributed by atoms with Crippen molar-refractivity contribution in [2.45, 2.75) is 18.8 Å². The minimum atomic E-state index is -1.68. The second kappa shape index (κ2) is 12.9. The van der Waals surface area contributed by atoms with Crippen LogP contribution in [0.3, 0.4) is 0 Å². The number of ether oxygens (including phenoxy) is 2. The molecule has 1 heterocycles. The molecule has 0 aliphatic heterocycles. The lowest BCUT2D eigenvalue weighted by Crippen LogP contribution is -2.48. The Morgan fingerprint density at radius 3 is 2.69 bits per heavy atom. The topological polar surface area (TPSA) is 125 Å². The average Bonchev–Trinajstić information content (AvgIpc) is 2.87. The van der Waals surface area contributed by atoms with Crippen LogP contribution in [0, 0.1) is 11.3 Å². The highest BCUT2D eigenvalue weighted by molar-refractivity contribution is 6.43. The van der Waals surface area contributed by atoms with Gasteiger partial charge in [0, 0.05) is 6.20 Å². The summed E-state index contributed by atoms with van der Waals surface area (Å²) in [5.74, 6) is -0.160. The Kier molecular flexibility index (Phi) is 9.43. The minimum absolute atomic E-state index is 0.0344. The number of hydrogen-bond donors (Lipinski definition) is 3. The van der Waals surface area contributed by atoms with Gasteiger partial charge in [-0.1, -0.05) is 42.5 Å². The van der Waals surface area contributed by atoms with Crippen LogP contribution < -0.4 is 14.8 Å². The third kappa shape index (κ3) is 7.71. The van der Waals surface area contributed by atoms with Gasteiger partial charge in [-0.15, -0.1) is 0 Å². The molecule has 1 aromatic heterocycles. The first-order chi connectivity index (χ1) is 17.0. The van der Waals surface area contributed by atoms with Crippen molar-refractivity contribution in [2.24, 2.45) is 0 Å². The maximum atomic E-state index is 12.3. The third-order valence-electron chi connectivity index (χ3n) is 5.14. The maximum absolute atomic E-state index is 12.3. The number of amides is 1. The largest absolute Gasteiger partial charge is 0.494 e. The van der Waals surface area contributed by atoms with E-state index in [9.17, 15) is 20.1 Å². The molecule has 1 atom stereocenters. The smallest absolute Gasteiger partial charge is 0.475 e. The molecule has 0 aliphatic carbocycles. The molecule has 9 heteroatoms. The van der Waals surface area contributed by atoms with Gasteiger partial charge in [0.2, 0.25) is 5.91 Å². The van der Waals surface area contributed by atoms with Crippen molar-refractivity contribution in [2.75, 3.05) is 13.7 Å². The van der Waals surface area contributed by atoms with Crippen molar-refractivity contribution >= 4 is 24.7 Å². The fourth-order valence-corrected chi connectivity index (χ4v) is 3.41. The fraction of sp³-hybridized carbons (Fsp3) is 0.192. The fourth-order valence-electron chi connectivity index (χ4n) is 3.41. The van der Waals surface area contributed by atoms with Crippen LogP contribution in [0.1, 0.15) is 23.2 Å². The van der Waals surface area contributed by atoms with Gasteiger partial charge in [0.05, 0.1) is 31.7 Å². The van der Waals surface area contributed by atoms with Gasteiger partial charge in [0.25, 0.3) is 0 Å². The first kappa shape index (κ1) is 25.5. The summed E-state index contributed by atoms with van der Waals surface area (Å²) in [5, 5.41) is 31.5. The number of methoxy groups -OCH3 is 1. The van der Waals surface area contributed by atoms with Gasteiger partial charge in [-0.05, 0) is 47.9 Å². The summed E-state index contributed by atoms with van der Waals surface area (Å²) in [4.78, 5) is 16.6. The SMILES string of the molecule is COc1cccnc1C(C#N)=Cc1cccc(OCCC(=O)NC(Cc2ccccc2)B(O)O)c1. The molecule has 0 saturated heterocycles. The van der Waals surface area contributed by atoms with E-state index in [4.69, 9.17) is 9.47 Å². The Hall–Kier alpha value is -4.13. The number of carbonyl (C=O) groups excluding carboxylic acids is 1.